The largest absolute Gasteiger partial charge is 0.472 e. The number of ether oxygens (including phenoxy) is 4. The maximum absolute atomic E-state index is 13.1. The second kappa shape index (κ2) is 73.8. The Kier molecular flexibility index (Phi) is 71.2. The Bertz CT molecular complexity index is 2180. The van der Waals surface area contributed by atoms with Crippen molar-refractivity contribution >= 4 is 39.5 Å². The van der Waals surface area contributed by atoms with Crippen LogP contribution in [-0.2, 0) is 65.4 Å². The molecule has 0 amide bonds. The lowest BCUT2D eigenvalue weighted by molar-refractivity contribution is -0.161. The number of rotatable bonds is 76. The molecule has 0 aromatic rings. The summed E-state index contributed by atoms with van der Waals surface area (Å²) in [4.78, 5) is 72.9. The van der Waals surface area contributed by atoms with Gasteiger partial charge in [-0.2, -0.15) is 0 Å². The zero-order valence-electron chi connectivity index (χ0n) is 63.6. The van der Waals surface area contributed by atoms with Crippen LogP contribution in [0.1, 0.15) is 362 Å². The van der Waals surface area contributed by atoms with Crippen LogP contribution in [0.5, 0.6) is 0 Å². The highest BCUT2D eigenvalue weighted by molar-refractivity contribution is 7.47. The number of hydrogen-bond donors (Lipinski definition) is 3. The van der Waals surface area contributed by atoms with Gasteiger partial charge in [-0.3, -0.25) is 37.3 Å². The maximum atomic E-state index is 13.1. The SMILES string of the molecule is CC/C=C\C/C=C\C/C=C\C/C=C\C/C=C\C/C=C\CCC(=O)OC[C@H](COP(=O)(O)OC[C@@H](O)COP(=O)(O)OC[C@@H](COC(=O)CCCCCCCCCCCCCCC)OC(=O)CCCCCCCCCCCCCCCCC)OC(=O)CCCCCCCCCCCCCCC. The van der Waals surface area contributed by atoms with E-state index in [9.17, 15) is 43.2 Å². The van der Waals surface area contributed by atoms with Gasteiger partial charge in [-0.15, -0.1) is 0 Å². The molecule has 0 bridgehead atoms. The summed E-state index contributed by atoms with van der Waals surface area (Å²) in [7, 11) is -9.95. The molecule has 19 heteroatoms. The average Bonchev–Trinajstić information content (AvgIpc) is 0.924. The Morgan fingerprint density at radius 2 is 0.520 bits per heavy atom. The zero-order valence-corrected chi connectivity index (χ0v) is 65.4. The molecule has 0 heterocycles. The van der Waals surface area contributed by atoms with Crippen LogP contribution in [0.2, 0.25) is 0 Å². The minimum absolute atomic E-state index is 0.0404. The molecule has 0 aliphatic rings. The molecule has 582 valence electrons. The van der Waals surface area contributed by atoms with Crippen molar-refractivity contribution in [2.24, 2.45) is 0 Å². The highest BCUT2D eigenvalue weighted by Crippen LogP contribution is 2.45. The molecule has 100 heavy (non-hydrogen) atoms. The minimum Gasteiger partial charge on any atom is -0.462 e. The van der Waals surface area contributed by atoms with Crippen molar-refractivity contribution in [2.75, 3.05) is 39.6 Å². The first-order chi connectivity index (χ1) is 48.7. The number of phosphoric acid groups is 2. The predicted molar refractivity (Wildman–Crippen MR) is 409 cm³/mol. The number of aliphatic hydroxyl groups is 1. The second-order valence-corrected chi connectivity index (χ2v) is 29.9. The summed E-state index contributed by atoms with van der Waals surface area (Å²) >= 11 is 0. The highest BCUT2D eigenvalue weighted by Gasteiger charge is 2.30. The van der Waals surface area contributed by atoms with Crippen molar-refractivity contribution in [1.82, 2.24) is 0 Å². The summed E-state index contributed by atoms with van der Waals surface area (Å²) in [6.07, 6.45) is 74.6. The molecule has 5 atom stereocenters. The summed E-state index contributed by atoms with van der Waals surface area (Å²) in [6.45, 7) is 4.75. The van der Waals surface area contributed by atoms with E-state index in [0.29, 0.717) is 32.1 Å². The van der Waals surface area contributed by atoms with E-state index >= 15 is 0 Å². The quantitative estimate of drug-likeness (QED) is 0.0169. The van der Waals surface area contributed by atoms with E-state index in [0.717, 1.165) is 103 Å². The van der Waals surface area contributed by atoms with Gasteiger partial charge >= 0.3 is 39.5 Å². The Morgan fingerprint density at radius 1 is 0.290 bits per heavy atom. The molecular formula is C81H146O17P2. The van der Waals surface area contributed by atoms with E-state index in [1.165, 1.54) is 173 Å². The molecule has 0 saturated heterocycles. The Morgan fingerprint density at radius 3 is 0.800 bits per heavy atom. The van der Waals surface area contributed by atoms with E-state index in [2.05, 4.69) is 88.5 Å². The van der Waals surface area contributed by atoms with Gasteiger partial charge in [0.05, 0.1) is 26.4 Å². The van der Waals surface area contributed by atoms with Gasteiger partial charge in [0.1, 0.15) is 19.3 Å². The Balaban J connectivity index is 5.36. The third-order valence-electron chi connectivity index (χ3n) is 17.2. The van der Waals surface area contributed by atoms with E-state index in [4.69, 9.17) is 37.0 Å². The molecule has 3 N–H and O–H groups in total. The van der Waals surface area contributed by atoms with Gasteiger partial charge in [0.25, 0.3) is 0 Å². The van der Waals surface area contributed by atoms with Crippen LogP contribution in [0.4, 0.5) is 0 Å². The van der Waals surface area contributed by atoms with Gasteiger partial charge in [-0.25, -0.2) is 9.13 Å². The Labute approximate surface area is 609 Å². The van der Waals surface area contributed by atoms with Crippen LogP contribution in [0.25, 0.3) is 0 Å². The fourth-order valence-electron chi connectivity index (χ4n) is 11.1. The number of hydrogen-bond acceptors (Lipinski definition) is 15. The van der Waals surface area contributed by atoms with Crippen molar-refractivity contribution in [3.63, 3.8) is 0 Å². The van der Waals surface area contributed by atoms with Crippen molar-refractivity contribution in [2.45, 2.75) is 380 Å². The maximum Gasteiger partial charge on any atom is 0.472 e. The van der Waals surface area contributed by atoms with Crippen LogP contribution in [0.3, 0.4) is 0 Å². The smallest absolute Gasteiger partial charge is 0.462 e. The number of allylic oxidation sites excluding steroid dienone is 12. The third kappa shape index (κ3) is 72.8. The number of phosphoric ester groups is 2. The lowest BCUT2D eigenvalue weighted by atomic mass is 10.0. The summed E-state index contributed by atoms with van der Waals surface area (Å²) in [5.41, 5.74) is 0. The number of carbonyl (C=O) groups is 4. The number of esters is 4. The van der Waals surface area contributed by atoms with E-state index in [1.54, 1.807) is 0 Å². The molecule has 0 fully saturated rings. The first-order valence-corrected chi connectivity index (χ1v) is 43.2. The fourth-order valence-corrected chi connectivity index (χ4v) is 12.7. The minimum atomic E-state index is -4.98. The standard InChI is InChI=1S/C81H146O17P2/c1-5-9-13-17-21-25-29-33-35-36-37-38-40-43-46-50-54-58-62-66-79(84)92-72-76(97-80(85)67-63-59-55-51-47-42-32-28-24-20-16-12-8-4)73-95-99(87,88)93-69-75(82)70-94-100(89,90)96-74-77(71-91-78(83)65-61-57-53-49-45-41-31-27-23-19-15-11-7-3)98-81(86)68-64-60-56-52-48-44-39-34-30-26-22-18-14-10-6-2/h9,13,21,25,33,35,37-38,43,46,54,58,75-77,82H,5-8,10-12,14-20,22-24,26-32,34,36,39-42,44-45,47-53,55-57,59-74H2,1-4H3,(H,87,88)(H,89,90)/b13-9-,25-21-,35-33-,38-37-,46-43-,58-54-/t75-,76-,77-/m1/s1. The summed E-state index contributed by atoms with van der Waals surface area (Å²) in [5.74, 6) is -2.23. The molecule has 0 aromatic carbocycles. The van der Waals surface area contributed by atoms with Gasteiger partial charge in [-0.1, -0.05) is 345 Å². The molecule has 17 nitrogen and oxygen atoms in total. The molecule has 0 radical (unpaired) electrons. The summed E-state index contributed by atoms with van der Waals surface area (Å²) in [6, 6.07) is 0. The van der Waals surface area contributed by atoms with Gasteiger partial charge < -0.3 is 33.8 Å². The Hall–Kier alpha value is -3.50. The van der Waals surface area contributed by atoms with Crippen LogP contribution >= 0.6 is 15.6 Å². The van der Waals surface area contributed by atoms with E-state index < -0.39 is 97.5 Å². The monoisotopic (exact) mass is 1450 g/mol. The molecule has 0 aliphatic heterocycles. The molecule has 0 aliphatic carbocycles. The first kappa shape index (κ1) is 96.5. The van der Waals surface area contributed by atoms with Crippen LogP contribution in [-0.4, -0.2) is 96.7 Å². The lowest BCUT2D eigenvalue weighted by Gasteiger charge is -2.21. The van der Waals surface area contributed by atoms with Crippen molar-refractivity contribution < 1.29 is 80.2 Å². The highest BCUT2D eigenvalue weighted by atomic mass is 31.2. The lowest BCUT2D eigenvalue weighted by Crippen LogP contribution is -2.30. The van der Waals surface area contributed by atoms with Gasteiger partial charge in [-0.05, 0) is 64.2 Å². The number of unbranched alkanes of at least 4 members (excludes halogenated alkanes) is 38. The predicted octanol–water partition coefficient (Wildman–Crippen LogP) is 23.2. The van der Waals surface area contributed by atoms with E-state index in [1.807, 2.05) is 12.2 Å². The van der Waals surface area contributed by atoms with Crippen LogP contribution in [0.15, 0.2) is 72.9 Å². The number of carbonyl (C=O) groups excluding carboxylic acids is 4. The molecule has 0 spiro atoms. The average molecular weight is 1450 g/mol. The van der Waals surface area contributed by atoms with Gasteiger partial charge in [0.2, 0.25) is 0 Å². The molecule has 0 saturated carbocycles. The topological polar surface area (TPSA) is 237 Å². The fraction of sp³-hybridized carbons (Fsp3) is 0.802. The van der Waals surface area contributed by atoms with Gasteiger partial charge in [0, 0.05) is 25.7 Å². The van der Waals surface area contributed by atoms with Crippen molar-refractivity contribution in [3.05, 3.63) is 72.9 Å². The van der Waals surface area contributed by atoms with Crippen LogP contribution < -0.4 is 0 Å². The second-order valence-electron chi connectivity index (χ2n) is 27.0. The van der Waals surface area contributed by atoms with Crippen molar-refractivity contribution in [3.8, 4) is 0 Å². The molecule has 0 aromatic heterocycles. The van der Waals surface area contributed by atoms with Gasteiger partial charge in [0.15, 0.2) is 12.2 Å². The summed E-state index contributed by atoms with van der Waals surface area (Å²) < 4.78 is 68.5. The first-order valence-electron chi connectivity index (χ1n) is 40.2. The third-order valence-corrected chi connectivity index (χ3v) is 19.1. The van der Waals surface area contributed by atoms with Crippen molar-refractivity contribution in [1.29, 1.82) is 0 Å². The molecular weight excluding hydrogens is 1310 g/mol. The summed E-state index contributed by atoms with van der Waals surface area (Å²) in [5, 5.41) is 10.6. The zero-order chi connectivity index (χ0) is 73.2. The normalized spacial score (nSPS) is 14.3. The van der Waals surface area contributed by atoms with E-state index in [-0.39, 0.29) is 25.7 Å². The molecule has 0 rings (SSSR count). The van der Waals surface area contributed by atoms with Crippen LogP contribution in [0, 0.1) is 0 Å². The number of aliphatic hydroxyl groups excluding tert-OH is 1. The molecule has 2 unspecified atom stereocenters.